The topological polar surface area (TPSA) is 74.2 Å². The van der Waals surface area contributed by atoms with E-state index in [-0.39, 0.29) is 6.61 Å². The molecule has 6 nitrogen and oxygen atoms in total. The first-order valence-corrected chi connectivity index (χ1v) is 6.39. The molecule has 0 spiro atoms. The van der Waals surface area contributed by atoms with Gasteiger partial charge in [0.05, 0.1) is 0 Å². The van der Waals surface area contributed by atoms with E-state index >= 15 is 0 Å². The van der Waals surface area contributed by atoms with Crippen LogP contribution in [0.5, 0.6) is 0 Å². The highest BCUT2D eigenvalue weighted by Crippen LogP contribution is 2.09. The van der Waals surface area contributed by atoms with E-state index in [4.69, 9.17) is 9.47 Å². The largest absolute Gasteiger partial charge is 0.456 e. The molecule has 1 rings (SSSR count). The summed E-state index contributed by atoms with van der Waals surface area (Å²) in [5.74, 6) is -1.78. The number of ether oxygens (including phenoxy) is 2. The van der Waals surface area contributed by atoms with Crippen LogP contribution in [0.25, 0.3) is 0 Å². The second-order valence-electron chi connectivity index (χ2n) is 5.19. The van der Waals surface area contributed by atoms with Gasteiger partial charge in [-0.3, -0.25) is 0 Å². The summed E-state index contributed by atoms with van der Waals surface area (Å²) in [7, 11) is 1.23. The zero-order valence-corrected chi connectivity index (χ0v) is 12.6. The zero-order chi connectivity index (χ0) is 15.9. The molecule has 0 fully saturated rings. The summed E-state index contributed by atoms with van der Waals surface area (Å²) in [5, 5.41) is 3.39. The molecule has 0 heterocycles. The lowest BCUT2D eigenvalue weighted by Gasteiger charge is -2.19. The molecule has 0 aliphatic carbocycles. The Morgan fingerprint density at radius 1 is 1.10 bits per heavy atom. The third kappa shape index (κ3) is 6.07. The van der Waals surface area contributed by atoms with Gasteiger partial charge in [0.2, 0.25) is 0 Å². The fourth-order valence-electron chi connectivity index (χ4n) is 1.37. The van der Waals surface area contributed by atoms with Gasteiger partial charge < -0.3 is 14.3 Å². The van der Waals surface area contributed by atoms with E-state index < -0.39 is 23.3 Å². The number of carbonyl (C=O) groups excluding carboxylic acids is 2. The van der Waals surface area contributed by atoms with Crippen LogP contribution >= 0.6 is 0 Å². The van der Waals surface area contributed by atoms with Gasteiger partial charge in [-0.05, 0) is 26.3 Å². The van der Waals surface area contributed by atoms with Crippen molar-refractivity contribution in [3.63, 3.8) is 0 Å². The molecule has 21 heavy (non-hydrogen) atoms. The maximum Gasteiger partial charge on any atom is 0.368 e. The molecule has 0 unspecified atom stereocenters. The van der Waals surface area contributed by atoms with Crippen LogP contribution in [0.1, 0.15) is 26.3 Å². The summed E-state index contributed by atoms with van der Waals surface area (Å²) < 4.78 is 10.1. The van der Waals surface area contributed by atoms with Crippen molar-refractivity contribution in [2.75, 3.05) is 7.11 Å². The van der Waals surface area contributed by atoms with Crippen LogP contribution in [0, 0.1) is 0 Å². The molecular weight excluding hydrogens is 274 g/mol. The van der Waals surface area contributed by atoms with Gasteiger partial charge in [0.25, 0.3) is 5.71 Å². The second-order valence-corrected chi connectivity index (χ2v) is 5.19. The van der Waals surface area contributed by atoms with Crippen LogP contribution in [0.2, 0.25) is 0 Å². The summed E-state index contributed by atoms with van der Waals surface area (Å²) in [5.41, 5.74) is -0.471. The summed E-state index contributed by atoms with van der Waals surface area (Å²) in [6.07, 6.45) is 0. The Labute approximate surface area is 123 Å². The van der Waals surface area contributed by atoms with Crippen molar-refractivity contribution in [3.8, 4) is 0 Å². The predicted molar refractivity (Wildman–Crippen MR) is 76.5 cm³/mol. The van der Waals surface area contributed by atoms with E-state index in [1.165, 1.54) is 7.11 Å². The van der Waals surface area contributed by atoms with Crippen LogP contribution in [0.3, 0.4) is 0 Å². The SMILES string of the molecule is CON=C(C(=O)OCc1ccccc1)C(=O)OC(C)(C)C. The molecule has 1 aromatic rings. The van der Waals surface area contributed by atoms with E-state index in [9.17, 15) is 9.59 Å². The van der Waals surface area contributed by atoms with E-state index in [1.54, 1.807) is 32.9 Å². The number of oxime groups is 1. The van der Waals surface area contributed by atoms with Crippen molar-refractivity contribution in [3.05, 3.63) is 35.9 Å². The number of carbonyl (C=O) groups is 2. The highest BCUT2D eigenvalue weighted by Gasteiger charge is 2.29. The van der Waals surface area contributed by atoms with Gasteiger partial charge >= 0.3 is 11.9 Å². The lowest BCUT2D eigenvalue weighted by Crippen LogP contribution is -2.34. The third-order valence-corrected chi connectivity index (χ3v) is 2.18. The number of hydrogen-bond donors (Lipinski definition) is 0. The normalized spacial score (nSPS) is 11.7. The van der Waals surface area contributed by atoms with E-state index in [2.05, 4.69) is 9.99 Å². The first kappa shape index (κ1) is 16.7. The summed E-state index contributed by atoms with van der Waals surface area (Å²) >= 11 is 0. The molecule has 0 bridgehead atoms. The lowest BCUT2D eigenvalue weighted by atomic mass is 10.2. The van der Waals surface area contributed by atoms with Gasteiger partial charge in [-0.25, -0.2) is 9.59 Å². The average molecular weight is 293 g/mol. The first-order valence-electron chi connectivity index (χ1n) is 6.39. The van der Waals surface area contributed by atoms with Gasteiger partial charge in [0, 0.05) is 0 Å². The molecule has 0 aliphatic heterocycles. The van der Waals surface area contributed by atoms with E-state index in [0.29, 0.717) is 0 Å². The van der Waals surface area contributed by atoms with Gasteiger partial charge in [-0.1, -0.05) is 35.5 Å². The van der Waals surface area contributed by atoms with Crippen LogP contribution in [-0.4, -0.2) is 30.4 Å². The molecule has 0 amide bonds. The van der Waals surface area contributed by atoms with Crippen molar-refractivity contribution >= 4 is 17.7 Å². The molecule has 6 heteroatoms. The van der Waals surface area contributed by atoms with Crippen LogP contribution in [0.4, 0.5) is 0 Å². The Balaban J connectivity index is 2.70. The minimum Gasteiger partial charge on any atom is -0.456 e. The Morgan fingerprint density at radius 2 is 1.71 bits per heavy atom. The lowest BCUT2D eigenvalue weighted by molar-refractivity contribution is -0.149. The Morgan fingerprint density at radius 3 is 2.24 bits per heavy atom. The van der Waals surface area contributed by atoms with Crippen molar-refractivity contribution < 1.29 is 23.9 Å². The fourth-order valence-corrected chi connectivity index (χ4v) is 1.37. The molecule has 0 aliphatic rings. The van der Waals surface area contributed by atoms with Crippen molar-refractivity contribution in [1.29, 1.82) is 0 Å². The second kappa shape index (κ2) is 7.42. The molecule has 0 radical (unpaired) electrons. The summed E-state index contributed by atoms with van der Waals surface area (Å²) in [6.45, 7) is 5.09. The summed E-state index contributed by atoms with van der Waals surface area (Å²) in [4.78, 5) is 28.3. The van der Waals surface area contributed by atoms with Crippen LogP contribution in [0.15, 0.2) is 35.5 Å². The monoisotopic (exact) mass is 293 g/mol. The van der Waals surface area contributed by atoms with Gasteiger partial charge in [0.1, 0.15) is 19.3 Å². The minimum atomic E-state index is -0.894. The highest BCUT2D eigenvalue weighted by molar-refractivity contribution is 6.62. The molecule has 0 saturated carbocycles. The molecular formula is C15H19NO5. The van der Waals surface area contributed by atoms with Gasteiger partial charge in [-0.15, -0.1) is 0 Å². The smallest absolute Gasteiger partial charge is 0.368 e. The maximum absolute atomic E-state index is 11.9. The Bertz CT molecular complexity index is 517. The predicted octanol–water partition coefficient (Wildman–Crippen LogP) is 2.07. The van der Waals surface area contributed by atoms with Crippen LogP contribution < -0.4 is 0 Å². The average Bonchev–Trinajstić information content (AvgIpc) is 2.41. The number of rotatable bonds is 5. The van der Waals surface area contributed by atoms with Crippen molar-refractivity contribution in [1.82, 2.24) is 0 Å². The molecule has 0 atom stereocenters. The van der Waals surface area contributed by atoms with Gasteiger partial charge in [-0.2, -0.15) is 0 Å². The Kier molecular flexibility index (Phi) is 5.90. The standard InChI is InChI=1S/C15H19NO5/c1-15(2,3)21-14(18)12(16-19-4)13(17)20-10-11-8-6-5-7-9-11/h5-9H,10H2,1-4H3. The van der Waals surface area contributed by atoms with Crippen molar-refractivity contribution in [2.45, 2.75) is 33.0 Å². The molecule has 114 valence electrons. The summed E-state index contributed by atoms with van der Waals surface area (Å²) in [6, 6.07) is 9.09. The number of esters is 2. The van der Waals surface area contributed by atoms with Crippen LogP contribution in [-0.2, 0) is 30.5 Å². The number of hydrogen-bond acceptors (Lipinski definition) is 6. The quantitative estimate of drug-likeness (QED) is 0.359. The molecule has 0 aromatic heterocycles. The zero-order valence-electron chi connectivity index (χ0n) is 12.6. The first-order chi connectivity index (χ1) is 9.83. The van der Waals surface area contributed by atoms with E-state index in [1.807, 2.05) is 18.2 Å². The van der Waals surface area contributed by atoms with Gasteiger partial charge in [0.15, 0.2) is 0 Å². The Hall–Kier alpha value is -2.37. The number of nitrogens with zero attached hydrogens (tertiary/aromatic N) is 1. The molecule has 0 N–H and O–H groups in total. The van der Waals surface area contributed by atoms with E-state index in [0.717, 1.165) is 5.56 Å². The highest BCUT2D eigenvalue weighted by atomic mass is 16.6. The maximum atomic E-state index is 11.9. The number of benzene rings is 1. The molecule has 0 saturated heterocycles. The third-order valence-electron chi connectivity index (χ3n) is 2.18. The fraction of sp³-hybridized carbons (Fsp3) is 0.400. The molecule has 1 aromatic carbocycles. The van der Waals surface area contributed by atoms with Crippen molar-refractivity contribution in [2.24, 2.45) is 5.16 Å². The minimum absolute atomic E-state index is 0.0329.